The normalized spacial score (nSPS) is 23.6. The van der Waals surface area contributed by atoms with Crippen molar-refractivity contribution in [1.29, 1.82) is 0 Å². The summed E-state index contributed by atoms with van der Waals surface area (Å²) >= 11 is 0. The van der Waals surface area contributed by atoms with Crippen molar-refractivity contribution in [3.05, 3.63) is 0 Å². The van der Waals surface area contributed by atoms with Gasteiger partial charge in [-0.25, -0.2) is 0 Å². The van der Waals surface area contributed by atoms with Crippen LogP contribution in [0, 0.1) is 0 Å². The van der Waals surface area contributed by atoms with Crippen molar-refractivity contribution in [2.75, 3.05) is 20.1 Å². The molecule has 1 heterocycles. The van der Waals surface area contributed by atoms with Gasteiger partial charge in [0.15, 0.2) is 0 Å². The molecule has 0 aromatic rings. The first-order valence-electron chi connectivity index (χ1n) is 5.13. The van der Waals surface area contributed by atoms with Crippen molar-refractivity contribution < 1.29 is 14.7 Å². The minimum Gasteiger partial charge on any atom is -0.481 e. The van der Waals surface area contributed by atoms with Gasteiger partial charge in [0.25, 0.3) is 0 Å². The Labute approximate surface area is 89.7 Å². The van der Waals surface area contributed by atoms with E-state index in [4.69, 9.17) is 5.11 Å². The fourth-order valence-corrected chi connectivity index (χ4v) is 1.82. The van der Waals surface area contributed by atoms with Crippen molar-refractivity contribution in [2.45, 2.75) is 32.4 Å². The summed E-state index contributed by atoms with van der Waals surface area (Å²) in [6, 6.07) is 0.0742. The zero-order valence-corrected chi connectivity index (χ0v) is 9.43. The lowest BCUT2D eigenvalue weighted by Crippen LogP contribution is -2.57. The zero-order valence-electron chi connectivity index (χ0n) is 9.43. The van der Waals surface area contributed by atoms with Crippen LogP contribution >= 0.6 is 0 Å². The molecule has 0 bridgehead atoms. The lowest BCUT2D eigenvalue weighted by atomic mass is 10.1. The maximum Gasteiger partial charge on any atom is 0.305 e. The molecule has 0 aromatic carbocycles. The minimum absolute atomic E-state index is 0.0670. The first kappa shape index (κ1) is 12.0. The number of piperazine rings is 1. The third-order valence-corrected chi connectivity index (χ3v) is 2.77. The van der Waals surface area contributed by atoms with Gasteiger partial charge in [0.1, 0.15) is 0 Å². The van der Waals surface area contributed by atoms with Gasteiger partial charge >= 0.3 is 5.97 Å². The molecule has 0 saturated carbocycles. The molecule has 1 aliphatic rings. The van der Waals surface area contributed by atoms with Crippen LogP contribution in [0.25, 0.3) is 0 Å². The van der Waals surface area contributed by atoms with Crippen molar-refractivity contribution >= 4 is 11.9 Å². The summed E-state index contributed by atoms with van der Waals surface area (Å²) in [7, 11) is 1.79. The number of carbonyl (C=O) groups excluding carboxylic acids is 1. The fraction of sp³-hybridized carbons (Fsp3) is 0.800. The van der Waals surface area contributed by atoms with E-state index in [2.05, 4.69) is 0 Å². The second-order valence-electron chi connectivity index (χ2n) is 4.31. The molecule has 15 heavy (non-hydrogen) atoms. The van der Waals surface area contributed by atoms with Crippen LogP contribution in [0.4, 0.5) is 0 Å². The van der Waals surface area contributed by atoms with E-state index in [1.807, 2.05) is 18.7 Å². The number of carboxylic acid groups (broad SMARTS) is 1. The quantitative estimate of drug-likeness (QED) is 0.719. The Hall–Kier alpha value is -1.10. The number of carbonyl (C=O) groups is 2. The summed E-state index contributed by atoms with van der Waals surface area (Å²) in [6.45, 7) is 4.72. The lowest BCUT2D eigenvalue weighted by Gasteiger charge is -2.40. The van der Waals surface area contributed by atoms with E-state index in [1.54, 1.807) is 11.9 Å². The summed E-state index contributed by atoms with van der Waals surface area (Å²) in [5, 5.41) is 8.74. The molecular weight excluding hydrogens is 196 g/mol. The summed E-state index contributed by atoms with van der Waals surface area (Å²) in [5.74, 6) is -0.737. The van der Waals surface area contributed by atoms with Crippen LogP contribution in [0.15, 0.2) is 0 Å². The third kappa shape index (κ3) is 2.92. The predicted molar refractivity (Wildman–Crippen MR) is 55.5 cm³/mol. The Balaban J connectivity index is 2.66. The highest BCUT2D eigenvalue weighted by Gasteiger charge is 2.32. The highest BCUT2D eigenvalue weighted by Crippen LogP contribution is 2.14. The first-order valence-corrected chi connectivity index (χ1v) is 5.13. The molecule has 0 aliphatic carbocycles. The Bertz CT molecular complexity index is 265. The smallest absolute Gasteiger partial charge is 0.305 e. The average molecular weight is 214 g/mol. The Morgan fingerprint density at radius 3 is 2.67 bits per heavy atom. The van der Waals surface area contributed by atoms with E-state index in [0.29, 0.717) is 13.1 Å². The van der Waals surface area contributed by atoms with Crippen molar-refractivity contribution in [1.82, 2.24) is 9.80 Å². The SMILES string of the molecule is CC(C)N1CC(CC(=O)O)N(C)CC1=O. The van der Waals surface area contributed by atoms with E-state index in [0.717, 1.165) is 0 Å². The molecule has 1 aliphatic heterocycles. The third-order valence-electron chi connectivity index (χ3n) is 2.77. The predicted octanol–water partition coefficient (Wildman–Crippen LogP) is 0.0121. The largest absolute Gasteiger partial charge is 0.481 e. The fourth-order valence-electron chi connectivity index (χ4n) is 1.82. The molecule has 1 unspecified atom stereocenters. The number of hydrogen-bond acceptors (Lipinski definition) is 3. The standard InChI is InChI=1S/C10H18N2O3/c1-7(2)12-5-8(4-10(14)15)11(3)6-9(12)13/h7-8H,4-6H2,1-3H3,(H,14,15). The van der Waals surface area contributed by atoms with Gasteiger partial charge in [0, 0.05) is 18.6 Å². The summed E-state index contributed by atoms with van der Waals surface area (Å²) in [6.07, 6.45) is 0.0903. The van der Waals surface area contributed by atoms with Gasteiger partial charge in [0.05, 0.1) is 13.0 Å². The highest BCUT2D eigenvalue weighted by atomic mass is 16.4. The Morgan fingerprint density at radius 2 is 2.20 bits per heavy atom. The van der Waals surface area contributed by atoms with Crippen molar-refractivity contribution in [3.63, 3.8) is 0 Å². The molecular formula is C10H18N2O3. The van der Waals surface area contributed by atoms with Crippen LogP contribution in [0.1, 0.15) is 20.3 Å². The average Bonchev–Trinajstić information content (AvgIpc) is 2.08. The second-order valence-corrected chi connectivity index (χ2v) is 4.31. The van der Waals surface area contributed by atoms with E-state index in [-0.39, 0.29) is 24.4 Å². The van der Waals surface area contributed by atoms with Gasteiger partial charge < -0.3 is 10.0 Å². The second kappa shape index (κ2) is 4.61. The number of aliphatic carboxylic acids is 1. The lowest BCUT2D eigenvalue weighted by molar-refractivity contribution is -0.145. The minimum atomic E-state index is -0.815. The number of likely N-dealkylation sites (N-methyl/N-ethyl adjacent to an activating group) is 1. The molecule has 0 radical (unpaired) electrons. The van der Waals surface area contributed by atoms with Gasteiger partial charge in [-0.05, 0) is 20.9 Å². The number of amides is 1. The number of carboxylic acids is 1. The molecule has 1 amide bonds. The molecule has 1 atom stereocenters. The van der Waals surface area contributed by atoms with Crippen LogP contribution < -0.4 is 0 Å². The first-order chi connectivity index (χ1) is 6.91. The van der Waals surface area contributed by atoms with Gasteiger partial charge in [-0.15, -0.1) is 0 Å². The molecule has 5 heteroatoms. The maximum absolute atomic E-state index is 11.6. The van der Waals surface area contributed by atoms with Crippen molar-refractivity contribution in [2.24, 2.45) is 0 Å². The van der Waals surface area contributed by atoms with E-state index in [1.165, 1.54) is 0 Å². The van der Waals surface area contributed by atoms with Crippen LogP contribution in [-0.2, 0) is 9.59 Å². The van der Waals surface area contributed by atoms with Gasteiger partial charge in [-0.2, -0.15) is 0 Å². The van der Waals surface area contributed by atoms with Gasteiger partial charge in [0.2, 0.25) is 5.91 Å². The summed E-state index contributed by atoms with van der Waals surface area (Å²) in [4.78, 5) is 25.8. The van der Waals surface area contributed by atoms with Crippen LogP contribution in [0.3, 0.4) is 0 Å². The van der Waals surface area contributed by atoms with Crippen LogP contribution in [0.5, 0.6) is 0 Å². The van der Waals surface area contributed by atoms with E-state index >= 15 is 0 Å². The summed E-state index contributed by atoms with van der Waals surface area (Å²) in [5.41, 5.74) is 0. The number of hydrogen-bond donors (Lipinski definition) is 1. The summed E-state index contributed by atoms with van der Waals surface area (Å²) < 4.78 is 0. The molecule has 0 aromatic heterocycles. The molecule has 1 saturated heterocycles. The topological polar surface area (TPSA) is 60.9 Å². The Morgan fingerprint density at radius 1 is 1.60 bits per heavy atom. The molecule has 5 nitrogen and oxygen atoms in total. The van der Waals surface area contributed by atoms with Gasteiger partial charge in [-0.1, -0.05) is 0 Å². The molecule has 86 valence electrons. The molecule has 0 spiro atoms. The van der Waals surface area contributed by atoms with Crippen molar-refractivity contribution in [3.8, 4) is 0 Å². The highest BCUT2D eigenvalue weighted by molar-refractivity contribution is 5.80. The number of rotatable bonds is 3. The Kier molecular flexibility index (Phi) is 3.68. The molecule has 1 fully saturated rings. The molecule has 1 rings (SSSR count). The van der Waals surface area contributed by atoms with E-state index < -0.39 is 5.97 Å². The van der Waals surface area contributed by atoms with Crippen LogP contribution in [-0.4, -0.2) is 59.0 Å². The molecule has 1 N–H and O–H groups in total. The monoisotopic (exact) mass is 214 g/mol. The van der Waals surface area contributed by atoms with Crippen LogP contribution in [0.2, 0.25) is 0 Å². The maximum atomic E-state index is 11.6. The van der Waals surface area contributed by atoms with E-state index in [9.17, 15) is 9.59 Å². The van der Waals surface area contributed by atoms with Gasteiger partial charge in [-0.3, -0.25) is 14.5 Å². The number of nitrogens with zero attached hydrogens (tertiary/aromatic N) is 2. The zero-order chi connectivity index (χ0) is 11.6.